The van der Waals surface area contributed by atoms with Gasteiger partial charge in [0.2, 0.25) is 10.0 Å². The maximum atomic E-state index is 13.0. The lowest BCUT2D eigenvalue weighted by Gasteiger charge is -2.17. The van der Waals surface area contributed by atoms with Gasteiger partial charge in [0.05, 0.1) is 46.5 Å². The number of sulfonamides is 1. The Morgan fingerprint density at radius 2 is 1.59 bits per heavy atom. The first kappa shape index (κ1) is 23.7. The largest absolute Gasteiger partial charge is 0.465 e. The number of hydrogen-bond acceptors (Lipinski definition) is 7. The fourth-order valence-electron chi connectivity index (χ4n) is 3.29. The number of nitrogens with one attached hydrogen (secondary N) is 1. The van der Waals surface area contributed by atoms with E-state index in [1.807, 2.05) is 0 Å². The molecule has 1 heterocycles. The van der Waals surface area contributed by atoms with Gasteiger partial charge in [0.15, 0.2) is 0 Å². The van der Waals surface area contributed by atoms with E-state index < -0.39 is 27.9 Å². The van der Waals surface area contributed by atoms with E-state index in [0.29, 0.717) is 13.1 Å². The second kappa shape index (κ2) is 9.68. The maximum absolute atomic E-state index is 13.0. The van der Waals surface area contributed by atoms with Crippen LogP contribution in [-0.2, 0) is 19.5 Å². The van der Waals surface area contributed by atoms with Crippen LogP contribution in [0.3, 0.4) is 0 Å². The quantitative estimate of drug-likeness (QED) is 0.631. The summed E-state index contributed by atoms with van der Waals surface area (Å²) in [4.78, 5) is 36.9. The van der Waals surface area contributed by atoms with Crippen LogP contribution < -0.4 is 5.32 Å². The topological polar surface area (TPSA) is 119 Å². The molecule has 0 aromatic heterocycles. The van der Waals surface area contributed by atoms with Crippen LogP contribution in [0.5, 0.6) is 0 Å². The molecule has 2 aromatic rings. The summed E-state index contributed by atoms with van der Waals surface area (Å²) in [6.07, 6.45) is 1.54. The smallest absolute Gasteiger partial charge is 0.339 e. The molecule has 0 atom stereocenters. The molecule has 0 saturated carbocycles. The molecule has 2 aromatic carbocycles. The van der Waals surface area contributed by atoms with Crippen LogP contribution in [-0.4, -0.2) is 57.9 Å². The predicted octanol–water partition coefficient (Wildman–Crippen LogP) is 2.95. The van der Waals surface area contributed by atoms with E-state index in [2.05, 4.69) is 10.1 Å². The number of benzene rings is 2. The van der Waals surface area contributed by atoms with Crippen LogP contribution in [0.15, 0.2) is 41.3 Å². The number of nitrogens with zero attached hydrogens (tertiary/aromatic N) is 1. The summed E-state index contributed by atoms with van der Waals surface area (Å²) < 4.78 is 36.4. The van der Waals surface area contributed by atoms with Gasteiger partial charge in [-0.25, -0.2) is 18.0 Å². The Labute approximate surface area is 190 Å². The number of ether oxygens (including phenoxy) is 2. The molecule has 1 aliphatic heterocycles. The first-order chi connectivity index (χ1) is 15.2. The summed E-state index contributed by atoms with van der Waals surface area (Å²) in [5, 5.41) is 2.53. The van der Waals surface area contributed by atoms with Crippen LogP contribution >= 0.6 is 11.6 Å². The number of rotatable bonds is 6. The summed E-state index contributed by atoms with van der Waals surface area (Å²) in [6, 6.07) is 7.77. The van der Waals surface area contributed by atoms with Gasteiger partial charge in [-0.05, 0) is 49.2 Å². The van der Waals surface area contributed by atoms with Crippen molar-refractivity contribution in [2.75, 3.05) is 32.6 Å². The average Bonchev–Trinajstić information content (AvgIpc) is 3.34. The molecule has 0 bridgehead atoms. The average molecular weight is 481 g/mol. The molecule has 0 aliphatic carbocycles. The Morgan fingerprint density at radius 1 is 0.938 bits per heavy atom. The number of anilines is 1. The van der Waals surface area contributed by atoms with Crippen LogP contribution in [0, 0.1) is 0 Å². The fourth-order valence-corrected chi connectivity index (χ4v) is 5.03. The van der Waals surface area contributed by atoms with E-state index in [-0.39, 0.29) is 32.3 Å². The van der Waals surface area contributed by atoms with Gasteiger partial charge in [0.25, 0.3) is 5.91 Å². The minimum Gasteiger partial charge on any atom is -0.465 e. The highest BCUT2D eigenvalue weighted by molar-refractivity contribution is 7.89. The molecule has 11 heteroatoms. The van der Waals surface area contributed by atoms with Crippen LogP contribution in [0.25, 0.3) is 0 Å². The van der Waals surface area contributed by atoms with E-state index >= 15 is 0 Å². The van der Waals surface area contributed by atoms with Crippen LogP contribution in [0.1, 0.15) is 43.9 Å². The molecule has 1 saturated heterocycles. The van der Waals surface area contributed by atoms with Crippen molar-refractivity contribution in [1.29, 1.82) is 0 Å². The van der Waals surface area contributed by atoms with Gasteiger partial charge in [-0.3, -0.25) is 4.79 Å². The third-order valence-corrected chi connectivity index (χ3v) is 7.20. The second-order valence-electron chi connectivity index (χ2n) is 6.95. The second-order valence-corrected chi connectivity index (χ2v) is 9.30. The SMILES string of the molecule is COC(=O)c1ccc(C(=O)OC)c(NC(=O)c2cc(S(=O)(=O)N3CCCC3)ccc2Cl)c1. The first-order valence-corrected chi connectivity index (χ1v) is 11.4. The molecule has 1 fully saturated rings. The Balaban J connectivity index is 1.98. The van der Waals surface area contributed by atoms with Crippen molar-refractivity contribution >= 4 is 45.2 Å². The fraction of sp³-hybridized carbons (Fsp3) is 0.286. The summed E-state index contributed by atoms with van der Waals surface area (Å²) in [5.41, 5.74) is -0.0442. The standard InChI is InChI=1S/C21H21ClN2O7S/c1-30-20(26)13-5-7-15(21(27)31-2)18(11-13)23-19(25)16-12-14(6-8-17(16)22)32(28,29)24-9-3-4-10-24/h5-8,11-12H,3-4,9-10H2,1-2H3,(H,23,25). The number of carbonyl (C=O) groups excluding carboxylic acids is 3. The maximum Gasteiger partial charge on any atom is 0.339 e. The van der Waals surface area contributed by atoms with Crippen molar-refractivity contribution in [1.82, 2.24) is 4.31 Å². The zero-order valence-corrected chi connectivity index (χ0v) is 19.0. The molecule has 1 amide bonds. The lowest BCUT2D eigenvalue weighted by molar-refractivity contribution is 0.0587. The highest BCUT2D eigenvalue weighted by Crippen LogP contribution is 2.27. The van der Waals surface area contributed by atoms with Crippen molar-refractivity contribution in [2.24, 2.45) is 0 Å². The van der Waals surface area contributed by atoms with Crippen LogP contribution in [0.4, 0.5) is 5.69 Å². The molecule has 170 valence electrons. The van der Waals surface area contributed by atoms with Gasteiger partial charge < -0.3 is 14.8 Å². The first-order valence-electron chi connectivity index (χ1n) is 9.60. The Hall–Kier alpha value is -2.95. The van der Waals surface area contributed by atoms with Crippen molar-refractivity contribution in [3.8, 4) is 0 Å². The molecule has 0 spiro atoms. The Morgan fingerprint density at radius 3 is 2.22 bits per heavy atom. The normalized spacial score (nSPS) is 14.1. The molecule has 0 radical (unpaired) electrons. The van der Waals surface area contributed by atoms with E-state index in [1.165, 1.54) is 54.9 Å². The minimum absolute atomic E-state index is 0.00883. The van der Waals surface area contributed by atoms with Crippen molar-refractivity contribution in [3.05, 3.63) is 58.1 Å². The molecule has 32 heavy (non-hydrogen) atoms. The zero-order valence-electron chi connectivity index (χ0n) is 17.4. The minimum atomic E-state index is -3.77. The van der Waals surface area contributed by atoms with E-state index in [1.54, 1.807) is 0 Å². The van der Waals surface area contributed by atoms with Crippen molar-refractivity contribution < 1.29 is 32.3 Å². The van der Waals surface area contributed by atoms with Gasteiger partial charge in [-0.15, -0.1) is 0 Å². The number of halogens is 1. The Kier molecular flexibility index (Phi) is 7.17. The van der Waals surface area contributed by atoms with Gasteiger partial charge in [0.1, 0.15) is 0 Å². The summed E-state index contributed by atoms with van der Waals surface area (Å²) >= 11 is 6.17. The van der Waals surface area contributed by atoms with E-state index in [4.69, 9.17) is 16.3 Å². The van der Waals surface area contributed by atoms with Crippen LogP contribution in [0.2, 0.25) is 5.02 Å². The summed E-state index contributed by atoms with van der Waals surface area (Å²) in [6.45, 7) is 0.824. The van der Waals surface area contributed by atoms with Crippen molar-refractivity contribution in [3.63, 3.8) is 0 Å². The molecule has 3 rings (SSSR count). The van der Waals surface area contributed by atoms with Gasteiger partial charge in [-0.2, -0.15) is 4.31 Å². The number of amides is 1. The van der Waals surface area contributed by atoms with E-state index in [0.717, 1.165) is 12.8 Å². The highest BCUT2D eigenvalue weighted by Gasteiger charge is 2.28. The molecular weight excluding hydrogens is 460 g/mol. The molecule has 9 nitrogen and oxygen atoms in total. The third-order valence-electron chi connectivity index (χ3n) is 4.98. The lowest BCUT2D eigenvalue weighted by Crippen LogP contribution is -2.28. The summed E-state index contributed by atoms with van der Waals surface area (Å²) in [7, 11) is -1.40. The van der Waals surface area contributed by atoms with Gasteiger partial charge in [0, 0.05) is 13.1 Å². The monoisotopic (exact) mass is 480 g/mol. The summed E-state index contributed by atoms with van der Waals surface area (Å²) in [5.74, 6) is -2.18. The zero-order chi connectivity index (χ0) is 23.5. The van der Waals surface area contributed by atoms with Gasteiger partial charge in [-0.1, -0.05) is 11.6 Å². The molecule has 0 unspecified atom stereocenters. The number of hydrogen-bond donors (Lipinski definition) is 1. The predicted molar refractivity (Wildman–Crippen MR) is 117 cm³/mol. The van der Waals surface area contributed by atoms with E-state index in [9.17, 15) is 22.8 Å². The van der Waals surface area contributed by atoms with Crippen molar-refractivity contribution in [2.45, 2.75) is 17.7 Å². The Bertz CT molecular complexity index is 1170. The number of esters is 2. The number of carbonyl (C=O) groups is 3. The molecule has 1 N–H and O–H groups in total. The van der Waals surface area contributed by atoms with Gasteiger partial charge >= 0.3 is 11.9 Å². The third kappa shape index (κ3) is 4.77. The molecular formula is C21H21ClN2O7S. The number of methoxy groups -OCH3 is 2. The lowest BCUT2D eigenvalue weighted by atomic mass is 10.1. The highest BCUT2D eigenvalue weighted by atomic mass is 35.5. The molecule has 1 aliphatic rings.